The van der Waals surface area contributed by atoms with E-state index < -0.39 is 0 Å². The maximum Gasteiger partial charge on any atom is 0.0790 e. The van der Waals surface area contributed by atoms with E-state index in [9.17, 15) is 0 Å². The first-order chi connectivity index (χ1) is 4.33. The third kappa shape index (κ3) is 1.88. The highest BCUT2D eigenvalue weighted by Crippen LogP contribution is 2.12. The lowest BCUT2D eigenvalue weighted by atomic mass is 10.2. The normalized spacial score (nSPS) is 9.56. The summed E-state index contributed by atoms with van der Waals surface area (Å²) in [7, 11) is 0. The van der Waals surface area contributed by atoms with Crippen molar-refractivity contribution in [3.63, 3.8) is 0 Å². The molecule has 0 N–H and O–H groups in total. The largest absolute Gasteiger partial charge is 0.116 e. The molecule has 0 unspecified atom stereocenters. The first kappa shape index (κ1) is 6.91. The highest BCUT2D eigenvalue weighted by Gasteiger charge is 1.89. The Morgan fingerprint density at radius 3 is 2.56 bits per heavy atom. The van der Waals surface area contributed by atoms with Crippen LogP contribution < -0.4 is 0 Å². The van der Waals surface area contributed by atoms with Crippen LogP contribution in [-0.2, 0) is 0 Å². The smallest absolute Gasteiger partial charge is 0.0790 e. The summed E-state index contributed by atoms with van der Waals surface area (Å²) in [6.07, 6.45) is 0. The molecule has 0 aromatic heterocycles. The molecule has 47 valence electrons. The lowest BCUT2D eigenvalue weighted by molar-refractivity contribution is 1.59. The van der Waals surface area contributed by atoms with Crippen LogP contribution in [0.25, 0.3) is 0 Å². The molecule has 0 heterocycles. The fourth-order valence-electron chi connectivity index (χ4n) is 0.574. The average Bonchev–Trinajstić information content (AvgIpc) is 1.88. The van der Waals surface area contributed by atoms with E-state index in [2.05, 4.69) is 0 Å². The van der Waals surface area contributed by atoms with Crippen molar-refractivity contribution in [3.05, 3.63) is 40.7 Å². The van der Waals surface area contributed by atoms with E-state index >= 15 is 0 Å². The van der Waals surface area contributed by atoms with Crippen molar-refractivity contribution in [1.82, 2.24) is 0 Å². The van der Waals surface area contributed by atoms with E-state index in [0.29, 0.717) is 5.02 Å². The molecule has 0 spiro atoms. The molecule has 1 rings (SSSR count). The fraction of sp³-hybridized carbons (Fsp3) is 0. The van der Waals surface area contributed by atoms with Crippen LogP contribution in [0.3, 0.4) is 0 Å². The van der Waals surface area contributed by atoms with Crippen molar-refractivity contribution in [2.45, 2.75) is 0 Å². The quantitative estimate of drug-likeness (QED) is 0.592. The molecule has 0 atom stereocenters. The van der Waals surface area contributed by atoms with Crippen molar-refractivity contribution >= 4 is 23.2 Å². The van der Waals surface area contributed by atoms with Gasteiger partial charge < -0.3 is 0 Å². The van der Waals surface area contributed by atoms with E-state index in [0.717, 1.165) is 5.56 Å². The van der Waals surface area contributed by atoms with Crippen LogP contribution in [-0.4, -0.2) is 0 Å². The molecule has 1 aromatic carbocycles. The molecule has 0 aliphatic heterocycles. The first-order valence-corrected chi connectivity index (χ1v) is 3.33. The van der Waals surface area contributed by atoms with Gasteiger partial charge in [0.15, 0.2) is 0 Å². The van der Waals surface area contributed by atoms with Gasteiger partial charge in [-0.3, -0.25) is 0 Å². The van der Waals surface area contributed by atoms with E-state index in [1.54, 1.807) is 6.07 Å². The van der Waals surface area contributed by atoms with Gasteiger partial charge in [-0.1, -0.05) is 23.7 Å². The van der Waals surface area contributed by atoms with Crippen LogP contribution in [0.15, 0.2) is 24.3 Å². The van der Waals surface area contributed by atoms with Crippen molar-refractivity contribution in [1.29, 1.82) is 0 Å². The minimum absolute atomic E-state index is 0.712. The summed E-state index contributed by atoms with van der Waals surface area (Å²) in [5.74, 6) is 1.49. The molecule has 9 heavy (non-hydrogen) atoms. The van der Waals surface area contributed by atoms with Gasteiger partial charge in [-0.2, -0.15) is 0 Å². The summed E-state index contributed by atoms with van der Waals surface area (Å²) >= 11 is 11.1. The van der Waals surface area contributed by atoms with Gasteiger partial charge in [-0.05, 0) is 17.7 Å². The summed E-state index contributed by atoms with van der Waals surface area (Å²) in [5, 5.41) is 0.712. The fourth-order valence-corrected chi connectivity index (χ4v) is 0.909. The topological polar surface area (TPSA) is 0 Å². The zero-order chi connectivity index (χ0) is 6.69. The monoisotopic (exact) mass is 159 g/mol. The van der Waals surface area contributed by atoms with Crippen LogP contribution in [0.5, 0.6) is 0 Å². The summed E-state index contributed by atoms with van der Waals surface area (Å²) < 4.78 is 0. The minimum Gasteiger partial charge on any atom is -0.116 e. The van der Waals surface area contributed by atoms with E-state index in [1.165, 1.54) is 5.88 Å². The number of hydrogen-bond acceptors (Lipinski definition) is 0. The third-order valence-electron chi connectivity index (χ3n) is 0.975. The molecule has 2 heteroatoms. The number of benzene rings is 1. The Labute approximate surface area is 64.4 Å². The van der Waals surface area contributed by atoms with Crippen LogP contribution in [0, 0.1) is 5.88 Å². The van der Waals surface area contributed by atoms with Crippen LogP contribution >= 0.6 is 23.2 Å². The maximum atomic E-state index is 5.64. The summed E-state index contributed by atoms with van der Waals surface area (Å²) in [6, 6.07) is 7.36. The molecule has 0 saturated carbocycles. The van der Waals surface area contributed by atoms with Crippen LogP contribution in [0.1, 0.15) is 5.56 Å². The van der Waals surface area contributed by atoms with Gasteiger partial charge in [-0.15, -0.1) is 11.6 Å². The van der Waals surface area contributed by atoms with Crippen LogP contribution in [0.2, 0.25) is 5.02 Å². The van der Waals surface area contributed by atoms with E-state index in [4.69, 9.17) is 23.2 Å². The summed E-state index contributed by atoms with van der Waals surface area (Å²) in [4.78, 5) is 0. The van der Waals surface area contributed by atoms with E-state index in [1.807, 2.05) is 18.2 Å². The number of halogens is 2. The SMILES string of the molecule is Cl[CH]c1cccc(Cl)c1. The maximum absolute atomic E-state index is 5.64. The summed E-state index contributed by atoms with van der Waals surface area (Å²) in [5.41, 5.74) is 0.934. The van der Waals surface area contributed by atoms with Crippen molar-refractivity contribution in [3.8, 4) is 0 Å². The van der Waals surface area contributed by atoms with Crippen molar-refractivity contribution in [2.24, 2.45) is 0 Å². The molecule has 1 radical (unpaired) electrons. The predicted octanol–water partition coefficient (Wildman–Crippen LogP) is 3.09. The highest BCUT2D eigenvalue weighted by atomic mass is 35.5. The Balaban J connectivity index is 2.94. The molecule has 0 amide bonds. The van der Waals surface area contributed by atoms with Gasteiger partial charge >= 0.3 is 0 Å². The average molecular weight is 160 g/mol. The van der Waals surface area contributed by atoms with Crippen LogP contribution in [0.4, 0.5) is 0 Å². The standard InChI is InChI=1S/C7H5Cl2/c8-5-6-2-1-3-7(9)4-6/h1-5H. The lowest BCUT2D eigenvalue weighted by Crippen LogP contribution is -1.71. The molecule has 0 saturated heterocycles. The van der Waals surface area contributed by atoms with Gasteiger partial charge in [0.1, 0.15) is 0 Å². The zero-order valence-corrected chi connectivity index (χ0v) is 6.15. The Hall–Kier alpha value is -0.200. The Kier molecular flexibility index (Phi) is 2.38. The van der Waals surface area contributed by atoms with Gasteiger partial charge in [0, 0.05) is 5.02 Å². The molecule has 0 fully saturated rings. The second kappa shape index (κ2) is 3.09. The zero-order valence-electron chi connectivity index (χ0n) is 4.64. The Morgan fingerprint density at radius 2 is 2.11 bits per heavy atom. The van der Waals surface area contributed by atoms with Gasteiger partial charge in [-0.25, -0.2) is 0 Å². The van der Waals surface area contributed by atoms with E-state index in [-0.39, 0.29) is 0 Å². The minimum atomic E-state index is 0.712. The predicted molar refractivity (Wildman–Crippen MR) is 40.7 cm³/mol. The van der Waals surface area contributed by atoms with Crippen molar-refractivity contribution in [2.75, 3.05) is 0 Å². The highest BCUT2D eigenvalue weighted by molar-refractivity contribution is 6.31. The van der Waals surface area contributed by atoms with Gasteiger partial charge in [0.2, 0.25) is 0 Å². The third-order valence-corrected chi connectivity index (χ3v) is 1.46. The molecule has 0 nitrogen and oxygen atoms in total. The molecular formula is C7H5Cl2. The lowest BCUT2D eigenvalue weighted by Gasteiger charge is -1.92. The number of hydrogen-bond donors (Lipinski definition) is 0. The molecule has 0 aliphatic carbocycles. The van der Waals surface area contributed by atoms with Gasteiger partial charge in [0.25, 0.3) is 0 Å². The first-order valence-electron chi connectivity index (χ1n) is 2.52. The number of rotatable bonds is 1. The Morgan fingerprint density at radius 1 is 1.33 bits per heavy atom. The van der Waals surface area contributed by atoms with Crippen molar-refractivity contribution < 1.29 is 0 Å². The molecular weight excluding hydrogens is 155 g/mol. The summed E-state index contributed by atoms with van der Waals surface area (Å²) in [6.45, 7) is 0. The molecule has 0 aliphatic rings. The second-order valence-electron chi connectivity index (χ2n) is 1.66. The molecule has 0 bridgehead atoms. The molecule has 1 aromatic rings. The second-order valence-corrected chi connectivity index (χ2v) is 2.32. The Bertz CT molecular complexity index is 196. The van der Waals surface area contributed by atoms with Gasteiger partial charge in [0.05, 0.1) is 5.88 Å².